The molecule has 0 fully saturated rings. The first kappa shape index (κ1) is 53.2. The Morgan fingerprint density at radius 2 is 0.304 bits per heavy atom. The third-order valence-electron chi connectivity index (χ3n) is 8.99. The molecule has 0 aromatic rings. The SMILES string of the molecule is CCCCCCCCCCCCCC[O-].CCCCCCCCCCCCCC[O-].CCCCCCCCCCCCCC[O-].[Al]. The van der Waals surface area contributed by atoms with Gasteiger partial charge in [0.15, 0.2) is 0 Å². The largest absolute Gasteiger partial charge is 0.854 e. The van der Waals surface area contributed by atoms with Crippen LogP contribution in [-0.2, 0) is 0 Å². The van der Waals surface area contributed by atoms with Crippen molar-refractivity contribution in [3.8, 4) is 0 Å². The molecule has 0 N–H and O–H groups in total. The predicted octanol–water partition coefficient (Wildman–Crippen LogP) is 11.8. The smallest absolute Gasteiger partial charge is 0 e. The molecular weight excluding hydrogens is 579 g/mol. The Labute approximate surface area is 303 Å². The molecule has 0 aliphatic rings. The molecule has 0 aliphatic heterocycles. The van der Waals surface area contributed by atoms with Gasteiger partial charge < -0.3 is 15.3 Å². The number of hydrogen-bond acceptors (Lipinski definition) is 3. The van der Waals surface area contributed by atoms with Crippen molar-refractivity contribution >= 4 is 17.4 Å². The van der Waals surface area contributed by atoms with Crippen LogP contribution < -0.4 is 15.3 Å². The van der Waals surface area contributed by atoms with Crippen LogP contribution in [-0.4, -0.2) is 37.2 Å². The first-order valence-corrected chi connectivity index (χ1v) is 21.0. The van der Waals surface area contributed by atoms with Crippen LogP contribution >= 0.6 is 0 Å². The standard InChI is InChI=1S/3C14H29O.Al/c3*1-2-3-4-5-6-7-8-9-10-11-12-13-14-15;/h3*2-14H2,1H3;/q3*-1;. The van der Waals surface area contributed by atoms with Crippen molar-refractivity contribution in [2.24, 2.45) is 0 Å². The summed E-state index contributed by atoms with van der Waals surface area (Å²) in [7, 11) is 0. The molecule has 0 aliphatic carbocycles. The van der Waals surface area contributed by atoms with E-state index in [1.54, 1.807) is 0 Å². The molecule has 0 bridgehead atoms. The summed E-state index contributed by atoms with van der Waals surface area (Å²) in [4.78, 5) is 0. The molecule has 4 heteroatoms. The van der Waals surface area contributed by atoms with Crippen molar-refractivity contribution in [3.63, 3.8) is 0 Å². The van der Waals surface area contributed by atoms with Gasteiger partial charge in [0.05, 0.1) is 0 Å². The van der Waals surface area contributed by atoms with Crippen LogP contribution in [0.3, 0.4) is 0 Å². The van der Waals surface area contributed by atoms with E-state index in [2.05, 4.69) is 20.8 Å². The maximum atomic E-state index is 10.2. The average molecular weight is 667 g/mol. The first-order valence-electron chi connectivity index (χ1n) is 21.0. The highest BCUT2D eigenvalue weighted by atomic mass is 27.0. The zero-order valence-corrected chi connectivity index (χ0v) is 33.5. The van der Waals surface area contributed by atoms with Gasteiger partial charge in [-0.25, -0.2) is 0 Å². The van der Waals surface area contributed by atoms with Crippen molar-refractivity contribution in [2.45, 2.75) is 252 Å². The topological polar surface area (TPSA) is 69.2 Å². The van der Waals surface area contributed by atoms with Crippen LogP contribution in [0, 0.1) is 0 Å². The van der Waals surface area contributed by atoms with Gasteiger partial charge in [-0.2, -0.15) is 0 Å². The lowest BCUT2D eigenvalue weighted by atomic mass is 10.1. The number of unbranched alkanes of at least 4 members (excludes halogenated alkanes) is 33. The number of rotatable bonds is 36. The molecule has 279 valence electrons. The Hall–Kier alpha value is 0.412. The minimum Gasteiger partial charge on any atom is -0.854 e. The Balaban J connectivity index is -0.000000285. The average Bonchev–Trinajstić information content (AvgIpc) is 3.06. The second-order valence-corrected chi connectivity index (χ2v) is 13.8. The summed E-state index contributed by atoms with van der Waals surface area (Å²) in [5, 5.41) is 30.6. The molecule has 3 radical (unpaired) electrons. The third kappa shape index (κ3) is 63.1. The van der Waals surface area contributed by atoms with Crippen LogP contribution in [0.1, 0.15) is 252 Å². The Morgan fingerprint density at radius 3 is 0.413 bits per heavy atom. The molecule has 0 spiro atoms. The van der Waals surface area contributed by atoms with Gasteiger partial charge in [-0.15, -0.1) is 19.8 Å². The maximum Gasteiger partial charge on any atom is 0 e. The molecule has 0 amide bonds. The quantitative estimate of drug-likeness (QED) is 0.0493. The van der Waals surface area contributed by atoms with Gasteiger partial charge in [-0.1, -0.05) is 252 Å². The molecule has 0 heterocycles. The lowest BCUT2D eigenvalue weighted by Gasteiger charge is -2.03. The van der Waals surface area contributed by atoms with E-state index in [0.29, 0.717) is 0 Å². The summed E-state index contributed by atoms with van der Waals surface area (Å²) in [6.07, 6.45) is 47.8. The van der Waals surface area contributed by atoms with E-state index in [1.165, 1.54) is 193 Å². The van der Waals surface area contributed by atoms with Crippen molar-refractivity contribution in [2.75, 3.05) is 19.8 Å². The summed E-state index contributed by atoms with van der Waals surface area (Å²) in [5.41, 5.74) is 0. The van der Waals surface area contributed by atoms with Gasteiger partial charge in [-0.05, 0) is 0 Å². The van der Waals surface area contributed by atoms with E-state index in [0.717, 1.165) is 38.5 Å². The van der Waals surface area contributed by atoms with Crippen LogP contribution in [0.15, 0.2) is 0 Å². The van der Waals surface area contributed by atoms with Crippen LogP contribution in [0.4, 0.5) is 0 Å². The summed E-state index contributed by atoms with van der Waals surface area (Å²) in [6, 6.07) is 0. The fraction of sp³-hybridized carbons (Fsp3) is 1.00. The molecular formula is C42H87AlO3-3. The van der Waals surface area contributed by atoms with Gasteiger partial charge in [0.1, 0.15) is 0 Å². The second kappa shape index (κ2) is 57.7. The fourth-order valence-electron chi connectivity index (χ4n) is 5.83. The zero-order chi connectivity index (χ0) is 33.6. The van der Waals surface area contributed by atoms with E-state index >= 15 is 0 Å². The molecule has 0 rings (SSSR count). The molecule has 0 unspecified atom stereocenters. The molecule has 0 aromatic carbocycles. The van der Waals surface area contributed by atoms with E-state index in [9.17, 15) is 15.3 Å². The molecule has 3 nitrogen and oxygen atoms in total. The van der Waals surface area contributed by atoms with Gasteiger partial charge in [0, 0.05) is 17.4 Å². The third-order valence-corrected chi connectivity index (χ3v) is 8.99. The molecule has 0 saturated carbocycles. The minimum atomic E-state index is 0. The Kier molecular flexibility index (Phi) is 66.7. The van der Waals surface area contributed by atoms with Crippen LogP contribution in [0.5, 0.6) is 0 Å². The van der Waals surface area contributed by atoms with Gasteiger partial charge in [0.25, 0.3) is 0 Å². The summed E-state index contributed by atoms with van der Waals surface area (Å²) >= 11 is 0. The van der Waals surface area contributed by atoms with Gasteiger partial charge in [0.2, 0.25) is 0 Å². The van der Waals surface area contributed by atoms with Crippen molar-refractivity contribution in [1.82, 2.24) is 0 Å². The second-order valence-electron chi connectivity index (χ2n) is 13.8. The van der Waals surface area contributed by atoms with E-state index in [4.69, 9.17) is 0 Å². The highest BCUT2D eigenvalue weighted by Crippen LogP contribution is 2.13. The molecule has 46 heavy (non-hydrogen) atoms. The monoisotopic (exact) mass is 667 g/mol. The zero-order valence-electron chi connectivity index (χ0n) is 32.4. The van der Waals surface area contributed by atoms with Crippen molar-refractivity contribution in [1.29, 1.82) is 0 Å². The highest BCUT2D eigenvalue weighted by Gasteiger charge is 1.94. The Morgan fingerprint density at radius 1 is 0.196 bits per heavy atom. The van der Waals surface area contributed by atoms with Crippen LogP contribution in [0.25, 0.3) is 0 Å². The van der Waals surface area contributed by atoms with Crippen molar-refractivity contribution < 1.29 is 15.3 Å². The van der Waals surface area contributed by atoms with E-state index < -0.39 is 0 Å². The van der Waals surface area contributed by atoms with Crippen molar-refractivity contribution in [3.05, 3.63) is 0 Å². The van der Waals surface area contributed by atoms with E-state index in [-0.39, 0.29) is 37.2 Å². The summed E-state index contributed by atoms with van der Waals surface area (Å²) in [6.45, 7) is 7.16. The molecule has 0 saturated heterocycles. The fourth-order valence-corrected chi connectivity index (χ4v) is 5.83. The predicted molar refractivity (Wildman–Crippen MR) is 204 cm³/mol. The summed E-state index contributed by atoms with van der Waals surface area (Å²) < 4.78 is 0. The lowest BCUT2D eigenvalue weighted by molar-refractivity contribution is -0.368. The first-order chi connectivity index (χ1) is 22.2. The number of hydrogen-bond donors (Lipinski definition) is 0. The minimum absolute atomic E-state index is 0. The highest BCUT2D eigenvalue weighted by molar-refractivity contribution is 5.75. The van der Waals surface area contributed by atoms with E-state index in [1.807, 2.05) is 0 Å². The lowest BCUT2D eigenvalue weighted by Crippen LogP contribution is -2.04. The Bertz CT molecular complexity index is 337. The van der Waals surface area contributed by atoms with Gasteiger partial charge >= 0.3 is 0 Å². The normalized spacial score (nSPS) is 10.6. The van der Waals surface area contributed by atoms with Crippen LogP contribution in [0.2, 0.25) is 0 Å². The molecule has 0 aromatic heterocycles. The summed E-state index contributed by atoms with van der Waals surface area (Å²) in [5.74, 6) is 0. The molecule has 0 atom stereocenters. The maximum absolute atomic E-state index is 10.2. The van der Waals surface area contributed by atoms with Gasteiger partial charge in [-0.3, -0.25) is 0 Å².